The second kappa shape index (κ2) is 9.31. The van der Waals surface area contributed by atoms with Gasteiger partial charge in [-0.25, -0.2) is 0 Å². The van der Waals surface area contributed by atoms with Crippen molar-refractivity contribution < 1.29 is 26.3 Å². The molecule has 1 aromatic heterocycles. The van der Waals surface area contributed by atoms with Gasteiger partial charge in [-0.05, 0) is 79.2 Å². The summed E-state index contributed by atoms with van der Waals surface area (Å²) in [5, 5.41) is 5.47. The van der Waals surface area contributed by atoms with Crippen LogP contribution in [0, 0.1) is 0 Å². The Balaban J connectivity index is 1.41. The van der Waals surface area contributed by atoms with Crippen molar-refractivity contribution in [2.24, 2.45) is 0 Å². The van der Waals surface area contributed by atoms with Crippen LogP contribution in [0.2, 0.25) is 0 Å². The van der Waals surface area contributed by atoms with Crippen molar-refractivity contribution in [1.29, 1.82) is 0 Å². The number of nitrogens with zero attached hydrogens (tertiary/aromatic N) is 1. The molecule has 0 aliphatic rings. The van der Waals surface area contributed by atoms with Gasteiger partial charge in [0.25, 0.3) is 0 Å². The van der Waals surface area contributed by atoms with E-state index in [4.69, 9.17) is 0 Å². The van der Waals surface area contributed by atoms with E-state index in [1.807, 2.05) is 36.4 Å². The maximum Gasteiger partial charge on any atom is 0.417 e. The molecular formula is C35H19F6N. The van der Waals surface area contributed by atoms with Gasteiger partial charge in [-0.15, -0.1) is 0 Å². The number of rotatable bonds is 2. The van der Waals surface area contributed by atoms with Gasteiger partial charge < -0.3 is 0 Å². The summed E-state index contributed by atoms with van der Waals surface area (Å²) >= 11 is 0. The topological polar surface area (TPSA) is 12.9 Å². The highest BCUT2D eigenvalue weighted by molar-refractivity contribution is 6.19. The molecule has 0 aliphatic carbocycles. The molecular weight excluding hydrogens is 548 g/mol. The molecule has 7 aromatic rings. The van der Waals surface area contributed by atoms with E-state index in [0.717, 1.165) is 39.1 Å². The van der Waals surface area contributed by atoms with Gasteiger partial charge in [0.15, 0.2) is 0 Å². The molecule has 0 bridgehead atoms. The number of pyridine rings is 1. The van der Waals surface area contributed by atoms with Crippen LogP contribution in [0.5, 0.6) is 0 Å². The molecule has 7 heteroatoms. The van der Waals surface area contributed by atoms with E-state index in [-0.39, 0.29) is 10.9 Å². The minimum Gasteiger partial charge on any atom is -0.256 e. The number of halogens is 6. The predicted molar refractivity (Wildman–Crippen MR) is 155 cm³/mol. The first-order valence-corrected chi connectivity index (χ1v) is 13.1. The van der Waals surface area contributed by atoms with E-state index in [2.05, 4.69) is 4.98 Å². The first kappa shape index (κ1) is 26.0. The normalized spacial score (nSPS) is 12.5. The summed E-state index contributed by atoms with van der Waals surface area (Å²) < 4.78 is 83.0. The molecule has 0 amide bonds. The Labute approximate surface area is 235 Å². The molecule has 0 unspecified atom stereocenters. The Kier molecular flexibility index (Phi) is 5.77. The van der Waals surface area contributed by atoms with Crippen molar-refractivity contribution in [3.05, 3.63) is 127 Å². The number of hydrogen-bond acceptors (Lipinski definition) is 1. The Morgan fingerprint density at radius 3 is 1.83 bits per heavy atom. The van der Waals surface area contributed by atoms with Crippen molar-refractivity contribution in [2.45, 2.75) is 12.4 Å². The highest BCUT2D eigenvalue weighted by Gasteiger charge is 2.34. The van der Waals surface area contributed by atoms with E-state index in [1.54, 1.807) is 48.7 Å². The van der Waals surface area contributed by atoms with Gasteiger partial charge in [0.05, 0.1) is 16.8 Å². The fourth-order valence-electron chi connectivity index (χ4n) is 5.87. The smallest absolute Gasteiger partial charge is 0.256 e. The standard InChI is InChI=1S/C35H19F6N/c36-34(37,38)31-8-4-3-6-25(31)22-9-11-24-21(17-22)10-12-28-27(24)13-14-30-29(28)15-16-42-33(30)23-18-20-5-1-2-7-26(20)32(19-23)35(39,40)41/h1-19H. The van der Waals surface area contributed by atoms with E-state index >= 15 is 0 Å². The van der Waals surface area contributed by atoms with Crippen LogP contribution in [0.25, 0.3) is 65.5 Å². The summed E-state index contributed by atoms with van der Waals surface area (Å²) in [6.07, 6.45) is -7.43. The molecule has 42 heavy (non-hydrogen) atoms. The molecule has 7 rings (SSSR count). The van der Waals surface area contributed by atoms with Gasteiger partial charge in [-0.1, -0.05) is 78.9 Å². The minimum atomic E-state index is -4.54. The molecule has 1 heterocycles. The number of hydrogen-bond donors (Lipinski definition) is 0. The van der Waals surface area contributed by atoms with Gasteiger partial charge in [0.2, 0.25) is 0 Å². The largest absolute Gasteiger partial charge is 0.417 e. The fraction of sp³-hybridized carbons (Fsp3) is 0.0571. The molecule has 0 saturated heterocycles. The zero-order valence-electron chi connectivity index (χ0n) is 21.7. The lowest BCUT2D eigenvalue weighted by molar-refractivity contribution is -0.137. The fourth-order valence-corrected chi connectivity index (χ4v) is 5.87. The number of benzene rings is 6. The van der Waals surface area contributed by atoms with Crippen LogP contribution >= 0.6 is 0 Å². The van der Waals surface area contributed by atoms with Crippen molar-refractivity contribution in [2.75, 3.05) is 0 Å². The van der Waals surface area contributed by atoms with Gasteiger partial charge >= 0.3 is 12.4 Å². The average molecular weight is 568 g/mol. The third-order valence-corrected chi connectivity index (χ3v) is 7.74. The molecule has 0 saturated carbocycles. The summed E-state index contributed by atoms with van der Waals surface area (Å²) in [4.78, 5) is 4.49. The van der Waals surface area contributed by atoms with Crippen LogP contribution < -0.4 is 0 Å². The molecule has 0 radical (unpaired) electrons. The van der Waals surface area contributed by atoms with Crippen LogP contribution in [0.1, 0.15) is 11.1 Å². The molecule has 6 aromatic carbocycles. The Bertz CT molecular complexity index is 2180. The lowest BCUT2D eigenvalue weighted by atomic mass is 9.92. The average Bonchev–Trinajstić information content (AvgIpc) is 2.98. The summed E-state index contributed by atoms with van der Waals surface area (Å²) in [7, 11) is 0. The lowest BCUT2D eigenvalue weighted by Crippen LogP contribution is -2.06. The SMILES string of the molecule is FC(F)(F)c1ccccc1-c1ccc2c(ccc3c4ccnc(-c5cc(C(F)(F)F)c6ccccc6c5)c4ccc23)c1. The quantitative estimate of drug-likeness (QED) is 0.150. The van der Waals surface area contributed by atoms with E-state index in [0.29, 0.717) is 27.6 Å². The number of aromatic nitrogens is 1. The van der Waals surface area contributed by atoms with Crippen LogP contribution in [-0.4, -0.2) is 4.98 Å². The molecule has 0 atom stereocenters. The van der Waals surface area contributed by atoms with E-state index in [1.165, 1.54) is 18.2 Å². The van der Waals surface area contributed by atoms with Crippen molar-refractivity contribution in [1.82, 2.24) is 4.98 Å². The summed E-state index contributed by atoms with van der Waals surface area (Å²) in [5.41, 5.74) is -0.0547. The Morgan fingerprint density at radius 1 is 0.429 bits per heavy atom. The lowest BCUT2D eigenvalue weighted by Gasteiger charge is -2.15. The maximum atomic E-state index is 14.0. The molecule has 0 spiro atoms. The number of fused-ring (bicyclic) bond motifs is 6. The van der Waals surface area contributed by atoms with E-state index < -0.39 is 23.5 Å². The molecule has 206 valence electrons. The molecule has 0 fully saturated rings. The third-order valence-electron chi connectivity index (χ3n) is 7.74. The summed E-state index contributed by atoms with van der Waals surface area (Å²) in [6, 6.07) is 29.3. The van der Waals surface area contributed by atoms with Crippen molar-refractivity contribution in [3.63, 3.8) is 0 Å². The maximum absolute atomic E-state index is 14.0. The van der Waals surface area contributed by atoms with Gasteiger partial charge in [0, 0.05) is 17.1 Å². The first-order valence-electron chi connectivity index (χ1n) is 13.1. The Hall–Kier alpha value is -4.91. The predicted octanol–water partition coefficient (Wildman–Crippen LogP) is 11.1. The van der Waals surface area contributed by atoms with Crippen molar-refractivity contribution >= 4 is 43.1 Å². The monoisotopic (exact) mass is 567 g/mol. The third kappa shape index (κ3) is 4.24. The summed E-state index contributed by atoms with van der Waals surface area (Å²) in [5.74, 6) is 0. The van der Waals surface area contributed by atoms with Crippen LogP contribution in [0.3, 0.4) is 0 Å². The van der Waals surface area contributed by atoms with Crippen molar-refractivity contribution in [3.8, 4) is 22.4 Å². The van der Waals surface area contributed by atoms with Crippen LogP contribution in [-0.2, 0) is 12.4 Å². The van der Waals surface area contributed by atoms with Crippen LogP contribution in [0.4, 0.5) is 26.3 Å². The highest BCUT2D eigenvalue weighted by atomic mass is 19.4. The van der Waals surface area contributed by atoms with Crippen LogP contribution in [0.15, 0.2) is 115 Å². The second-order valence-electron chi connectivity index (χ2n) is 10.2. The zero-order chi connectivity index (χ0) is 29.2. The minimum absolute atomic E-state index is 0.106. The molecule has 1 nitrogen and oxygen atoms in total. The zero-order valence-corrected chi connectivity index (χ0v) is 21.7. The first-order chi connectivity index (χ1) is 20.1. The highest BCUT2D eigenvalue weighted by Crippen LogP contribution is 2.42. The molecule has 0 aliphatic heterocycles. The summed E-state index contributed by atoms with van der Waals surface area (Å²) in [6.45, 7) is 0. The molecule has 0 N–H and O–H groups in total. The van der Waals surface area contributed by atoms with E-state index in [9.17, 15) is 26.3 Å². The Morgan fingerprint density at radius 2 is 1.02 bits per heavy atom. The number of alkyl halides is 6. The van der Waals surface area contributed by atoms with Gasteiger partial charge in [-0.3, -0.25) is 4.98 Å². The second-order valence-corrected chi connectivity index (χ2v) is 10.2. The van der Waals surface area contributed by atoms with Gasteiger partial charge in [-0.2, -0.15) is 26.3 Å². The van der Waals surface area contributed by atoms with Gasteiger partial charge in [0.1, 0.15) is 0 Å².